The molecule has 3 amide bonds. The van der Waals surface area contributed by atoms with Crippen LogP contribution in [0, 0.1) is 5.92 Å². The highest BCUT2D eigenvalue weighted by molar-refractivity contribution is 5.97. The van der Waals surface area contributed by atoms with Gasteiger partial charge in [0.2, 0.25) is 17.7 Å². The van der Waals surface area contributed by atoms with Crippen LogP contribution < -0.4 is 16.4 Å². The molecule has 2 aromatic rings. The van der Waals surface area contributed by atoms with Crippen LogP contribution in [0.4, 0.5) is 5.69 Å². The van der Waals surface area contributed by atoms with Crippen LogP contribution in [-0.4, -0.2) is 42.3 Å². The minimum absolute atomic E-state index is 0.0786. The number of nitrogens with zero attached hydrogens (tertiary/aromatic N) is 1. The minimum atomic E-state index is -0.329. The molecule has 162 valence electrons. The Kier molecular flexibility index (Phi) is 7.95. The maximum Gasteiger partial charge on any atom is 0.244 e. The van der Waals surface area contributed by atoms with Crippen LogP contribution >= 0.6 is 0 Å². The molecule has 0 aromatic heterocycles. The highest BCUT2D eigenvalue weighted by Gasteiger charge is 2.23. The van der Waals surface area contributed by atoms with Crippen LogP contribution in [0.1, 0.15) is 24.0 Å². The van der Waals surface area contributed by atoms with Crippen molar-refractivity contribution in [1.29, 1.82) is 0 Å². The summed E-state index contributed by atoms with van der Waals surface area (Å²) < 4.78 is 0. The molecular formula is C24H28N4O3. The number of nitrogens with two attached hydrogens (primary N) is 1. The van der Waals surface area contributed by atoms with Gasteiger partial charge in [-0.05, 0) is 48.7 Å². The van der Waals surface area contributed by atoms with Crippen molar-refractivity contribution in [2.45, 2.75) is 19.4 Å². The number of hydrogen-bond donors (Lipinski definition) is 3. The zero-order chi connectivity index (χ0) is 22.1. The lowest BCUT2D eigenvalue weighted by molar-refractivity contribution is -0.123. The SMILES string of the molecule is NC(=O)C1CCCN(Cc2ccc(NC(=O)CNC(=O)/C=C/c3ccccc3)cc2)C1. The van der Waals surface area contributed by atoms with Gasteiger partial charge in [0.15, 0.2) is 0 Å². The standard InChI is InChI=1S/C24H28N4O3/c25-24(31)20-7-4-14-28(17-20)16-19-8-11-21(12-9-19)27-23(30)15-26-22(29)13-10-18-5-2-1-3-6-18/h1-3,5-6,8-13,20H,4,7,14-17H2,(H2,25,31)(H,26,29)(H,27,30)/b13-10+. The Morgan fingerprint density at radius 3 is 2.52 bits per heavy atom. The summed E-state index contributed by atoms with van der Waals surface area (Å²) in [6, 6.07) is 17.0. The molecule has 0 radical (unpaired) electrons. The van der Waals surface area contributed by atoms with Crippen molar-refractivity contribution in [3.05, 3.63) is 71.8 Å². The third-order valence-electron chi connectivity index (χ3n) is 5.20. The Morgan fingerprint density at radius 1 is 1.06 bits per heavy atom. The van der Waals surface area contributed by atoms with Gasteiger partial charge in [0.1, 0.15) is 0 Å². The van der Waals surface area contributed by atoms with Crippen molar-refractivity contribution in [2.24, 2.45) is 11.7 Å². The molecular weight excluding hydrogens is 392 g/mol. The molecule has 0 bridgehead atoms. The van der Waals surface area contributed by atoms with E-state index in [-0.39, 0.29) is 30.2 Å². The molecule has 1 atom stereocenters. The summed E-state index contributed by atoms with van der Waals surface area (Å²) in [5.74, 6) is -0.935. The fraction of sp³-hybridized carbons (Fsp3) is 0.292. The third kappa shape index (κ3) is 7.38. The summed E-state index contributed by atoms with van der Waals surface area (Å²) >= 11 is 0. The van der Waals surface area contributed by atoms with Crippen molar-refractivity contribution >= 4 is 29.5 Å². The number of nitrogens with one attached hydrogen (secondary N) is 2. The summed E-state index contributed by atoms with van der Waals surface area (Å²) in [5.41, 5.74) is 8.12. The molecule has 1 aliphatic rings. The molecule has 1 fully saturated rings. The number of anilines is 1. The molecule has 1 unspecified atom stereocenters. The van der Waals surface area contributed by atoms with Gasteiger partial charge in [-0.25, -0.2) is 0 Å². The third-order valence-corrected chi connectivity index (χ3v) is 5.20. The van der Waals surface area contributed by atoms with Gasteiger partial charge in [-0.3, -0.25) is 19.3 Å². The average molecular weight is 421 g/mol. The quantitative estimate of drug-likeness (QED) is 0.569. The summed E-state index contributed by atoms with van der Waals surface area (Å²) in [4.78, 5) is 37.6. The molecule has 0 saturated carbocycles. The molecule has 31 heavy (non-hydrogen) atoms. The normalized spacial score (nSPS) is 16.7. The van der Waals surface area contributed by atoms with E-state index in [4.69, 9.17) is 5.73 Å². The van der Waals surface area contributed by atoms with E-state index in [1.54, 1.807) is 6.08 Å². The molecule has 2 aromatic carbocycles. The van der Waals surface area contributed by atoms with E-state index in [2.05, 4.69) is 15.5 Å². The molecule has 7 nitrogen and oxygen atoms in total. The van der Waals surface area contributed by atoms with Crippen molar-refractivity contribution < 1.29 is 14.4 Å². The molecule has 3 rings (SSSR count). The second-order valence-electron chi connectivity index (χ2n) is 7.68. The first kappa shape index (κ1) is 22.2. The molecule has 0 spiro atoms. The Bertz CT molecular complexity index is 926. The van der Waals surface area contributed by atoms with Crippen LogP contribution in [-0.2, 0) is 20.9 Å². The van der Waals surface area contributed by atoms with Crippen molar-refractivity contribution in [2.75, 3.05) is 25.0 Å². The van der Waals surface area contributed by atoms with E-state index in [9.17, 15) is 14.4 Å². The summed E-state index contributed by atoms with van der Waals surface area (Å²) in [7, 11) is 0. The number of primary amides is 1. The van der Waals surface area contributed by atoms with Gasteiger partial charge in [-0.2, -0.15) is 0 Å². The topological polar surface area (TPSA) is 105 Å². The fourth-order valence-corrected chi connectivity index (χ4v) is 3.55. The summed E-state index contributed by atoms with van der Waals surface area (Å²) in [6.45, 7) is 2.26. The average Bonchev–Trinajstić information content (AvgIpc) is 2.78. The smallest absolute Gasteiger partial charge is 0.244 e. The van der Waals surface area contributed by atoms with E-state index >= 15 is 0 Å². The first-order valence-electron chi connectivity index (χ1n) is 10.4. The first-order chi connectivity index (χ1) is 15.0. The van der Waals surface area contributed by atoms with Gasteiger partial charge in [0.05, 0.1) is 12.5 Å². The van der Waals surface area contributed by atoms with Gasteiger partial charge in [0, 0.05) is 24.9 Å². The van der Waals surface area contributed by atoms with Crippen molar-refractivity contribution in [3.8, 4) is 0 Å². The maximum atomic E-state index is 12.1. The van der Waals surface area contributed by atoms with Crippen LogP contribution in [0.25, 0.3) is 6.08 Å². The minimum Gasteiger partial charge on any atom is -0.369 e. The number of carbonyl (C=O) groups is 3. The highest BCUT2D eigenvalue weighted by atomic mass is 16.2. The Hall–Kier alpha value is -3.45. The van der Waals surface area contributed by atoms with Crippen LogP contribution in [0.5, 0.6) is 0 Å². The second kappa shape index (κ2) is 11.1. The highest BCUT2D eigenvalue weighted by Crippen LogP contribution is 2.19. The van der Waals surface area contributed by atoms with E-state index in [0.717, 1.165) is 37.1 Å². The predicted molar refractivity (Wildman–Crippen MR) is 121 cm³/mol. The van der Waals surface area contributed by atoms with E-state index in [1.807, 2.05) is 54.6 Å². The molecule has 4 N–H and O–H groups in total. The lowest BCUT2D eigenvalue weighted by atomic mass is 9.97. The van der Waals surface area contributed by atoms with E-state index in [1.165, 1.54) is 6.08 Å². The number of benzene rings is 2. The maximum absolute atomic E-state index is 12.1. The zero-order valence-electron chi connectivity index (χ0n) is 17.4. The lowest BCUT2D eigenvalue weighted by Gasteiger charge is -2.31. The van der Waals surface area contributed by atoms with Gasteiger partial charge in [0.25, 0.3) is 0 Å². The lowest BCUT2D eigenvalue weighted by Crippen LogP contribution is -2.40. The van der Waals surface area contributed by atoms with Gasteiger partial charge < -0.3 is 16.4 Å². The zero-order valence-corrected chi connectivity index (χ0v) is 17.4. The Morgan fingerprint density at radius 2 is 1.81 bits per heavy atom. The largest absolute Gasteiger partial charge is 0.369 e. The van der Waals surface area contributed by atoms with Crippen LogP contribution in [0.3, 0.4) is 0 Å². The molecule has 7 heteroatoms. The number of rotatable bonds is 8. The summed E-state index contributed by atoms with van der Waals surface area (Å²) in [6.07, 6.45) is 4.92. The number of piperidine rings is 1. The Labute approximate surface area is 182 Å². The molecule has 1 saturated heterocycles. The number of likely N-dealkylation sites (tertiary alicyclic amines) is 1. The number of amides is 3. The van der Waals surface area contributed by atoms with Gasteiger partial charge in [-0.1, -0.05) is 42.5 Å². The second-order valence-corrected chi connectivity index (χ2v) is 7.68. The number of carbonyl (C=O) groups excluding carboxylic acids is 3. The first-order valence-corrected chi connectivity index (χ1v) is 10.4. The monoisotopic (exact) mass is 420 g/mol. The van der Waals surface area contributed by atoms with Gasteiger partial charge in [-0.15, -0.1) is 0 Å². The van der Waals surface area contributed by atoms with Crippen molar-refractivity contribution in [3.63, 3.8) is 0 Å². The van der Waals surface area contributed by atoms with Gasteiger partial charge >= 0.3 is 0 Å². The van der Waals surface area contributed by atoms with E-state index in [0.29, 0.717) is 12.2 Å². The van der Waals surface area contributed by atoms with Crippen LogP contribution in [0.2, 0.25) is 0 Å². The molecule has 0 aliphatic carbocycles. The van der Waals surface area contributed by atoms with E-state index < -0.39 is 0 Å². The number of hydrogen-bond acceptors (Lipinski definition) is 4. The van der Waals surface area contributed by atoms with Crippen molar-refractivity contribution in [1.82, 2.24) is 10.2 Å². The summed E-state index contributed by atoms with van der Waals surface area (Å²) in [5, 5.41) is 5.34. The van der Waals surface area contributed by atoms with Crippen LogP contribution in [0.15, 0.2) is 60.7 Å². The predicted octanol–water partition coefficient (Wildman–Crippen LogP) is 2.15. The molecule has 1 heterocycles. The molecule has 1 aliphatic heterocycles. The Balaban J connectivity index is 1.42. The fourth-order valence-electron chi connectivity index (χ4n) is 3.55.